The van der Waals surface area contributed by atoms with Crippen LogP contribution in [0.1, 0.15) is 15.9 Å². The summed E-state index contributed by atoms with van der Waals surface area (Å²) < 4.78 is 15.7. The second-order valence-electron chi connectivity index (χ2n) is 5.67. The molecule has 0 bridgehead atoms. The smallest absolute Gasteiger partial charge is 0.271 e. The minimum atomic E-state index is -0.444. The summed E-state index contributed by atoms with van der Waals surface area (Å²) >= 11 is 6.19. The fourth-order valence-corrected chi connectivity index (χ4v) is 2.83. The number of nitrogens with zero attached hydrogens (tertiary/aromatic N) is 2. The fraction of sp³-hybridized carbons (Fsp3) is 0.150. The molecule has 0 aliphatic rings. The van der Waals surface area contributed by atoms with Crippen LogP contribution in [0.3, 0.4) is 0 Å². The Bertz CT molecular complexity index is 1030. The predicted octanol–water partition coefficient (Wildman–Crippen LogP) is 3.68. The third kappa shape index (κ3) is 3.99. The molecule has 1 N–H and O–H groups in total. The third-order valence-electron chi connectivity index (χ3n) is 4.00. The van der Waals surface area contributed by atoms with Gasteiger partial charge in [-0.25, -0.2) is 10.4 Å². The third-order valence-corrected chi connectivity index (χ3v) is 4.30. The summed E-state index contributed by atoms with van der Waals surface area (Å²) in [5.74, 6) is 0.704. The van der Waals surface area contributed by atoms with Crippen molar-refractivity contribution < 1.29 is 19.0 Å². The van der Waals surface area contributed by atoms with Gasteiger partial charge in [-0.05, 0) is 24.3 Å². The minimum absolute atomic E-state index is 0.296. The number of pyridine rings is 1. The molecule has 1 amide bonds. The van der Waals surface area contributed by atoms with E-state index in [9.17, 15) is 4.79 Å². The van der Waals surface area contributed by atoms with Crippen LogP contribution in [0.4, 0.5) is 0 Å². The van der Waals surface area contributed by atoms with Crippen molar-refractivity contribution in [2.24, 2.45) is 5.10 Å². The first-order valence-corrected chi connectivity index (χ1v) is 8.64. The van der Waals surface area contributed by atoms with Gasteiger partial charge in [0, 0.05) is 16.5 Å². The molecule has 144 valence electrons. The number of halogens is 1. The van der Waals surface area contributed by atoms with Crippen molar-refractivity contribution in [1.82, 2.24) is 10.4 Å². The van der Waals surface area contributed by atoms with Crippen molar-refractivity contribution in [2.75, 3.05) is 21.3 Å². The van der Waals surface area contributed by atoms with Gasteiger partial charge in [0.1, 0.15) is 5.15 Å². The number of hydrogen-bond donors (Lipinski definition) is 1. The molecule has 0 aliphatic heterocycles. The topological polar surface area (TPSA) is 82.0 Å². The Morgan fingerprint density at radius 3 is 2.39 bits per heavy atom. The molecule has 0 fully saturated rings. The number of fused-ring (bicyclic) bond motifs is 1. The quantitative estimate of drug-likeness (QED) is 0.388. The van der Waals surface area contributed by atoms with Crippen LogP contribution in [0.5, 0.6) is 17.2 Å². The summed E-state index contributed by atoms with van der Waals surface area (Å²) in [6.07, 6.45) is 1.44. The van der Waals surface area contributed by atoms with Crippen LogP contribution < -0.4 is 19.6 Å². The Kier molecular flexibility index (Phi) is 5.96. The molecule has 7 nitrogen and oxygen atoms in total. The molecule has 2 aromatic carbocycles. The van der Waals surface area contributed by atoms with Crippen molar-refractivity contribution in [1.29, 1.82) is 0 Å². The zero-order valence-electron chi connectivity index (χ0n) is 15.5. The molecule has 0 spiro atoms. The molecule has 0 saturated heterocycles. The molecule has 3 rings (SSSR count). The van der Waals surface area contributed by atoms with Crippen molar-refractivity contribution in [3.63, 3.8) is 0 Å². The number of para-hydroxylation sites is 1. The average molecular weight is 400 g/mol. The lowest BCUT2D eigenvalue weighted by molar-refractivity contribution is 0.0954. The van der Waals surface area contributed by atoms with E-state index >= 15 is 0 Å². The summed E-state index contributed by atoms with van der Waals surface area (Å²) in [5, 5.41) is 5.19. The fourth-order valence-electron chi connectivity index (χ4n) is 2.64. The number of aromatic nitrogens is 1. The Labute approximate surface area is 166 Å². The number of hydrazone groups is 1. The van der Waals surface area contributed by atoms with Gasteiger partial charge in [-0.2, -0.15) is 5.10 Å². The SMILES string of the molecule is COc1cc(C(=O)N/N=C\c2cc3ccccc3nc2Cl)cc(OC)c1OC. The number of ether oxygens (including phenoxy) is 3. The molecule has 28 heavy (non-hydrogen) atoms. The molecule has 1 heterocycles. The monoisotopic (exact) mass is 399 g/mol. The average Bonchev–Trinajstić information content (AvgIpc) is 2.72. The maximum absolute atomic E-state index is 12.4. The van der Waals surface area contributed by atoms with E-state index in [2.05, 4.69) is 15.5 Å². The van der Waals surface area contributed by atoms with Crippen molar-refractivity contribution in [3.8, 4) is 17.2 Å². The molecule has 8 heteroatoms. The lowest BCUT2D eigenvalue weighted by Crippen LogP contribution is -2.18. The lowest BCUT2D eigenvalue weighted by atomic mass is 10.1. The Morgan fingerprint density at radius 1 is 1.07 bits per heavy atom. The van der Waals surface area contributed by atoms with Gasteiger partial charge in [-0.1, -0.05) is 29.8 Å². The summed E-state index contributed by atoms with van der Waals surface area (Å²) in [6, 6.07) is 12.5. The summed E-state index contributed by atoms with van der Waals surface area (Å²) in [4.78, 5) is 16.8. The Morgan fingerprint density at radius 2 is 1.75 bits per heavy atom. The maximum atomic E-state index is 12.4. The summed E-state index contributed by atoms with van der Waals surface area (Å²) in [5.41, 5.74) is 4.13. The highest BCUT2D eigenvalue weighted by atomic mass is 35.5. The van der Waals surface area contributed by atoms with Crippen molar-refractivity contribution in [3.05, 3.63) is 58.7 Å². The normalized spacial score (nSPS) is 10.9. The highest BCUT2D eigenvalue weighted by Crippen LogP contribution is 2.38. The van der Waals surface area contributed by atoms with E-state index in [-0.39, 0.29) is 0 Å². The largest absolute Gasteiger partial charge is 0.493 e. The molecule has 0 atom stereocenters. The van der Waals surface area contributed by atoms with Gasteiger partial charge in [0.25, 0.3) is 5.91 Å². The number of methoxy groups -OCH3 is 3. The van der Waals surface area contributed by atoms with Gasteiger partial charge in [0.15, 0.2) is 11.5 Å². The summed E-state index contributed by atoms with van der Waals surface area (Å²) in [6.45, 7) is 0. The molecule has 1 aromatic heterocycles. The van der Waals surface area contributed by atoms with E-state index in [0.717, 1.165) is 10.9 Å². The number of nitrogens with one attached hydrogen (secondary N) is 1. The lowest BCUT2D eigenvalue weighted by Gasteiger charge is -2.13. The zero-order chi connectivity index (χ0) is 20.1. The van der Waals surface area contributed by atoms with Crippen molar-refractivity contribution in [2.45, 2.75) is 0 Å². The minimum Gasteiger partial charge on any atom is -0.493 e. The molecule has 0 unspecified atom stereocenters. The molecule has 0 saturated carbocycles. The molecular formula is C20H18ClN3O4. The van der Waals surface area contributed by atoms with Crippen LogP contribution in [-0.2, 0) is 0 Å². The maximum Gasteiger partial charge on any atom is 0.271 e. The standard InChI is InChI=1S/C20H18ClN3O4/c1-26-16-9-13(10-17(27-2)18(16)28-3)20(25)24-22-11-14-8-12-6-4-5-7-15(12)23-19(14)21/h4-11H,1-3H3,(H,24,25)/b22-11-. The number of hydrogen-bond acceptors (Lipinski definition) is 6. The second-order valence-corrected chi connectivity index (χ2v) is 6.03. The Balaban J connectivity index is 1.81. The van der Waals surface area contributed by atoms with Crippen LogP contribution >= 0.6 is 11.6 Å². The second kappa shape index (κ2) is 8.58. The highest BCUT2D eigenvalue weighted by molar-refractivity contribution is 6.32. The van der Waals surface area contributed by atoms with E-state index in [4.69, 9.17) is 25.8 Å². The molecule has 0 radical (unpaired) electrons. The van der Waals surface area contributed by atoms with Gasteiger partial charge >= 0.3 is 0 Å². The van der Waals surface area contributed by atoms with E-state index < -0.39 is 5.91 Å². The number of amides is 1. The first kappa shape index (κ1) is 19.4. The van der Waals surface area contributed by atoms with Crippen LogP contribution in [0.25, 0.3) is 10.9 Å². The Hall–Kier alpha value is -3.32. The number of rotatable bonds is 6. The highest BCUT2D eigenvalue weighted by Gasteiger charge is 2.16. The molecule has 3 aromatic rings. The first-order valence-electron chi connectivity index (χ1n) is 8.26. The van der Waals surface area contributed by atoms with Crippen LogP contribution in [-0.4, -0.2) is 38.4 Å². The first-order chi connectivity index (χ1) is 13.6. The van der Waals surface area contributed by atoms with Gasteiger partial charge in [0.2, 0.25) is 5.75 Å². The van der Waals surface area contributed by atoms with E-state index in [1.54, 1.807) is 0 Å². The van der Waals surface area contributed by atoms with Gasteiger partial charge in [0.05, 0.1) is 33.1 Å². The number of benzene rings is 2. The van der Waals surface area contributed by atoms with Crippen LogP contribution in [0, 0.1) is 0 Å². The van der Waals surface area contributed by atoms with E-state index in [0.29, 0.717) is 33.5 Å². The van der Waals surface area contributed by atoms with Crippen LogP contribution in [0.2, 0.25) is 5.15 Å². The zero-order valence-corrected chi connectivity index (χ0v) is 16.3. The number of carbonyl (C=O) groups excluding carboxylic acids is 1. The van der Waals surface area contributed by atoms with Crippen molar-refractivity contribution >= 4 is 34.6 Å². The van der Waals surface area contributed by atoms with E-state index in [1.807, 2.05) is 30.3 Å². The molecular weight excluding hydrogens is 382 g/mol. The summed E-state index contributed by atoms with van der Waals surface area (Å²) in [7, 11) is 4.45. The van der Waals surface area contributed by atoms with Crippen LogP contribution in [0.15, 0.2) is 47.6 Å². The van der Waals surface area contributed by atoms with Gasteiger partial charge in [-0.15, -0.1) is 0 Å². The molecule has 0 aliphatic carbocycles. The van der Waals surface area contributed by atoms with Gasteiger partial charge in [-0.3, -0.25) is 4.79 Å². The number of carbonyl (C=O) groups is 1. The predicted molar refractivity (Wildman–Crippen MR) is 108 cm³/mol. The van der Waals surface area contributed by atoms with E-state index in [1.165, 1.54) is 39.7 Å². The van der Waals surface area contributed by atoms with Gasteiger partial charge < -0.3 is 14.2 Å².